The first-order valence-corrected chi connectivity index (χ1v) is 5.90. The lowest BCUT2D eigenvalue weighted by Gasteiger charge is -2.08. The van der Waals surface area contributed by atoms with Crippen molar-refractivity contribution >= 4 is 11.4 Å². The van der Waals surface area contributed by atoms with Crippen LogP contribution >= 0.6 is 0 Å². The van der Waals surface area contributed by atoms with E-state index in [2.05, 4.69) is 5.32 Å². The molecule has 0 saturated carbocycles. The number of nitrogens with one attached hydrogen (secondary N) is 1. The lowest BCUT2D eigenvalue weighted by atomic mass is 10.1. The molecular formula is C14H12F2N2O2. The number of hydrogen-bond acceptors (Lipinski definition) is 3. The zero-order valence-corrected chi connectivity index (χ0v) is 10.7. The Morgan fingerprint density at radius 2 is 1.85 bits per heavy atom. The number of benzene rings is 2. The van der Waals surface area contributed by atoms with Crippen LogP contribution in [-0.4, -0.2) is 4.92 Å². The Morgan fingerprint density at radius 3 is 2.40 bits per heavy atom. The highest BCUT2D eigenvalue weighted by atomic mass is 19.1. The summed E-state index contributed by atoms with van der Waals surface area (Å²) in [6, 6.07) is 8.46. The van der Waals surface area contributed by atoms with E-state index in [9.17, 15) is 18.9 Å². The summed E-state index contributed by atoms with van der Waals surface area (Å²) < 4.78 is 26.4. The van der Waals surface area contributed by atoms with Gasteiger partial charge >= 0.3 is 5.69 Å². The molecule has 104 valence electrons. The molecule has 2 rings (SSSR count). The predicted octanol–water partition coefficient (Wildman–Crippen LogP) is 3.79. The molecule has 0 spiro atoms. The fourth-order valence-electron chi connectivity index (χ4n) is 1.88. The number of nitro groups is 1. The quantitative estimate of drug-likeness (QED) is 0.683. The number of anilines is 1. The van der Waals surface area contributed by atoms with Crippen molar-refractivity contribution in [1.82, 2.24) is 0 Å². The monoisotopic (exact) mass is 278 g/mol. The Kier molecular flexibility index (Phi) is 3.93. The lowest BCUT2D eigenvalue weighted by Crippen LogP contribution is -2.02. The summed E-state index contributed by atoms with van der Waals surface area (Å²) in [5.74, 6) is -1.21. The minimum absolute atomic E-state index is 0.247. The van der Waals surface area contributed by atoms with Gasteiger partial charge in [-0.1, -0.05) is 12.1 Å². The van der Waals surface area contributed by atoms with Crippen molar-refractivity contribution in [1.29, 1.82) is 0 Å². The number of hydrogen-bond donors (Lipinski definition) is 1. The third kappa shape index (κ3) is 3.09. The molecule has 0 heterocycles. The first-order valence-electron chi connectivity index (χ1n) is 5.90. The molecule has 4 nitrogen and oxygen atoms in total. The third-order valence-corrected chi connectivity index (χ3v) is 2.85. The molecule has 6 heteroatoms. The van der Waals surface area contributed by atoms with Gasteiger partial charge in [0.25, 0.3) is 0 Å². The van der Waals surface area contributed by atoms with E-state index >= 15 is 0 Å². The Bertz CT molecular complexity index is 619. The van der Waals surface area contributed by atoms with Gasteiger partial charge in [-0.15, -0.1) is 0 Å². The number of halogens is 2. The molecule has 0 saturated heterocycles. The van der Waals surface area contributed by atoms with Crippen LogP contribution in [-0.2, 0) is 6.54 Å². The van der Waals surface area contributed by atoms with Gasteiger partial charge in [-0.2, -0.15) is 4.39 Å². The molecular weight excluding hydrogens is 266 g/mol. The molecule has 0 aliphatic carbocycles. The molecule has 0 fully saturated rings. The minimum Gasteiger partial charge on any atom is -0.381 e. The molecule has 0 amide bonds. The highest BCUT2D eigenvalue weighted by Crippen LogP contribution is 2.26. The van der Waals surface area contributed by atoms with Gasteiger partial charge < -0.3 is 5.32 Å². The first kappa shape index (κ1) is 13.9. The van der Waals surface area contributed by atoms with E-state index in [0.717, 1.165) is 11.6 Å². The number of aryl methyl sites for hydroxylation is 1. The maximum atomic E-state index is 13.6. The summed E-state index contributed by atoms with van der Waals surface area (Å²) in [6.07, 6.45) is 0. The molecule has 0 bridgehead atoms. The third-order valence-electron chi connectivity index (χ3n) is 2.85. The van der Waals surface area contributed by atoms with Gasteiger partial charge in [-0.05, 0) is 30.7 Å². The second-order valence-electron chi connectivity index (χ2n) is 4.36. The maximum Gasteiger partial charge on any atom is 0.307 e. The van der Waals surface area contributed by atoms with Crippen LogP contribution in [0.3, 0.4) is 0 Å². The highest BCUT2D eigenvalue weighted by molar-refractivity contribution is 5.54. The minimum atomic E-state index is -0.878. The van der Waals surface area contributed by atoms with Crippen molar-refractivity contribution in [3.05, 3.63) is 69.3 Å². The largest absolute Gasteiger partial charge is 0.381 e. The summed E-state index contributed by atoms with van der Waals surface area (Å²) in [7, 11) is 0. The van der Waals surface area contributed by atoms with E-state index in [1.165, 1.54) is 25.1 Å². The topological polar surface area (TPSA) is 55.2 Å². The van der Waals surface area contributed by atoms with E-state index in [1.54, 1.807) is 12.1 Å². The van der Waals surface area contributed by atoms with Crippen LogP contribution in [0.5, 0.6) is 0 Å². The van der Waals surface area contributed by atoms with Crippen LogP contribution in [0.2, 0.25) is 0 Å². The number of nitro benzene ring substituents is 1. The summed E-state index contributed by atoms with van der Waals surface area (Å²) in [4.78, 5) is 9.93. The van der Waals surface area contributed by atoms with Gasteiger partial charge in [0.05, 0.1) is 4.92 Å². The van der Waals surface area contributed by atoms with Crippen LogP contribution in [0, 0.1) is 28.7 Å². The van der Waals surface area contributed by atoms with Crippen LogP contribution in [0.25, 0.3) is 0 Å². The lowest BCUT2D eigenvalue weighted by molar-refractivity contribution is -0.388. The summed E-state index contributed by atoms with van der Waals surface area (Å²) in [6.45, 7) is 1.85. The Morgan fingerprint density at radius 1 is 1.20 bits per heavy atom. The van der Waals surface area contributed by atoms with Gasteiger partial charge in [0.15, 0.2) is 0 Å². The summed E-state index contributed by atoms with van der Waals surface area (Å²) in [5.41, 5.74) is 0.992. The smallest absolute Gasteiger partial charge is 0.307 e. The Hall–Kier alpha value is -2.50. The van der Waals surface area contributed by atoms with Gasteiger partial charge in [0, 0.05) is 23.9 Å². The molecule has 0 aliphatic rings. The van der Waals surface area contributed by atoms with Crippen molar-refractivity contribution in [2.75, 3.05) is 5.32 Å². The Balaban J connectivity index is 2.14. The van der Waals surface area contributed by atoms with Gasteiger partial charge in [-0.3, -0.25) is 10.1 Å². The summed E-state index contributed by atoms with van der Waals surface area (Å²) >= 11 is 0. The van der Waals surface area contributed by atoms with Crippen LogP contribution in [0.4, 0.5) is 20.2 Å². The molecule has 20 heavy (non-hydrogen) atoms. The molecule has 0 unspecified atom stereocenters. The normalized spacial score (nSPS) is 10.3. The fraction of sp³-hybridized carbons (Fsp3) is 0.143. The van der Waals surface area contributed by atoms with Crippen molar-refractivity contribution < 1.29 is 13.7 Å². The average Bonchev–Trinajstić information content (AvgIpc) is 2.37. The van der Waals surface area contributed by atoms with Crippen molar-refractivity contribution in [3.8, 4) is 0 Å². The van der Waals surface area contributed by atoms with Gasteiger partial charge in [0.2, 0.25) is 5.82 Å². The molecule has 2 aromatic rings. The molecule has 0 aliphatic heterocycles. The number of rotatable bonds is 4. The average molecular weight is 278 g/mol. The van der Waals surface area contributed by atoms with Crippen LogP contribution < -0.4 is 5.32 Å². The zero-order valence-electron chi connectivity index (χ0n) is 10.7. The molecule has 0 radical (unpaired) electrons. The second-order valence-corrected chi connectivity index (χ2v) is 4.36. The Labute approximate surface area is 114 Å². The van der Waals surface area contributed by atoms with E-state index in [-0.39, 0.29) is 11.4 Å². The number of nitrogens with zero attached hydrogens (tertiary/aromatic N) is 1. The van der Waals surface area contributed by atoms with E-state index in [4.69, 9.17) is 0 Å². The van der Waals surface area contributed by atoms with E-state index in [0.29, 0.717) is 12.2 Å². The predicted molar refractivity (Wildman–Crippen MR) is 71.5 cm³/mol. The second kappa shape index (κ2) is 5.64. The van der Waals surface area contributed by atoms with Gasteiger partial charge in [-0.25, -0.2) is 4.39 Å². The molecule has 1 N–H and O–H groups in total. The summed E-state index contributed by atoms with van der Waals surface area (Å²) in [5, 5.41) is 13.6. The van der Waals surface area contributed by atoms with Crippen molar-refractivity contribution in [3.63, 3.8) is 0 Å². The fourth-order valence-corrected chi connectivity index (χ4v) is 1.88. The van der Waals surface area contributed by atoms with Crippen LogP contribution in [0.15, 0.2) is 36.4 Å². The highest BCUT2D eigenvalue weighted by Gasteiger charge is 2.18. The molecule has 0 atom stereocenters. The zero-order chi connectivity index (χ0) is 14.7. The van der Waals surface area contributed by atoms with E-state index in [1.807, 2.05) is 0 Å². The van der Waals surface area contributed by atoms with Crippen molar-refractivity contribution in [2.24, 2.45) is 0 Å². The van der Waals surface area contributed by atoms with Crippen molar-refractivity contribution in [2.45, 2.75) is 13.5 Å². The maximum absolute atomic E-state index is 13.6. The first-order chi connectivity index (χ1) is 9.47. The molecule has 0 aromatic heterocycles. The molecule has 2 aromatic carbocycles. The SMILES string of the molecule is Cc1cc(NCc2ccc(F)cc2)cc(F)c1[N+](=O)[O-]. The van der Waals surface area contributed by atoms with Gasteiger partial charge in [0.1, 0.15) is 5.82 Å². The standard InChI is InChI=1S/C14H12F2N2O2/c1-9-6-12(7-13(16)14(9)18(19)20)17-8-10-2-4-11(15)5-3-10/h2-7,17H,8H2,1H3. The van der Waals surface area contributed by atoms with Crippen LogP contribution in [0.1, 0.15) is 11.1 Å². The van der Waals surface area contributed by atoms with E-state index < -0.39 is 16.4 Å².